The quantitative estimate of drug-likeness (QED) is 0.827. The van der Waals surface area contributed by atoms with Crippen LogP contribution in [0.15, 0.2) is 23.0 Å². The van der Waals surface area contributed by atoms with E-state index < -0.39 is 0 Å². The van der Waals surface area contributed by atoms with E-state index in [1.165, 1.54) is 0 Å². The Kier molecular flexibility index (Phi) is 3.29. The van der Waals surface area contributed by atoms with Crippen LogP contribution in [0.5, 0.6) is 0 Å². The molecule has 1 aromatic rings. The van der Waals surface area contributed by atoms with E-state index in [9.17, 15) is 4.79 Å². The van der Waals surface area contributed by atoms with Gasteiger partial charge in [-0.25, -0.2) is 0 Å². The summed E-state index contributed by atoms with van der Waals surface area (Å²) in [6.45, 7) is 2.97. The Morgan fingerprint density at radius 1 is 1.56 bits per heavy atom. The van der Waals surface area contributed by atoms with Crippen LogP contribution in [0.4, 0.5) is 5.69 Å². The molecule has 0 radical (unpaired) electrons. The standard InChI is InChI=1S/C12H18N2O2/c1-9-3-5-14(10-4-6-16-8-10)12(15)11(7-9)13-2/h4,6,8-9,11,13H,3,5,7H2,1-2H3. The van der Waals surface area contributed by atoms with Crippen LogP contribution in [0.3, 0.4) is 0 Å². The molecule has 0 bridgehead atoms. The number of nitrogens with zero attached hydrogens (tertiary/aromatic N) is 1. The zero-order valence-corrected chi connectivity index (χ0v) is 9.77. The molecule has 2 atom stereocenters. The lowest BCUT2D eigenvalue weighted by molar-refractivity contribution is -0.120. The van der Waals surface area contributed by atoms with Gasteiger partial charge < -0.3 is 14.6 Å². The highest BCUT2D eigenvalue weighted by molar-refractivity contribution is 5.97. The summed E-state index contributed by atoms with van der Waals surface area (Å²) in [6, 6.07) is 1.76. The number of amides is 1. The van der Waals surface area contributed by atoms with Gasteiger partial charge in [0.15, 0.2) is 0 Å². The molecule has 0 saturated carbocycles. The fourth-order valence-electron chi connectivity index (χ4n) is 2.18. The lowest BCUT2D eigenvalue weighted by atomic mass is 10.0. The number of rotatable bonds is 2. The van der Waals surface area contributed by atoms with Crippen LogP contribution in [0.1, 0.15) is 19.8 Å². The molecule has 88 valence electrons. The molecule has 16 heavy (non-hydrogen) atoms. The molecule has 0 aliphatic carbocycles. The van der Waals surface area contributed by atoms with Crippen LogP contribution in [0.25, 0.3) is 0 Å². The van der Waals surface area contributed by atoms with Crippen LogP contribution in [0.2, 0.25) is 0 Å². The van der Waals surface area contributed by atoms with Gasteiger partial charge in [0.2, 0.25) is 5.91 Å². The molecule has 0 aromatic carbocycles. The van der Waals surface area contributed by atoms with Gasteiger partial charge in [-0.2, -0.15) is 0 Å². The van der Waals surface area contributed by atoms with Crippen molar-refractivity contribution in [2.24, 2.45) is 5.92 Å². The number of nitrogens with one attached hydrogen (secondary N) is 1. The third kappa shape index (κ3) is 2.11. The van der Waals surface area contributed by atoms with Crippen molar-refractivity contribution in [3.63, 3.8) is 0 Å². The lowest BCUT2D eigenvalue weighted by Crippen LogP contribution is -2.44. The second-order valence-corrected chi connectivity index (χ2v) is 4.44. The topological polar surface area (TPSA) is 45.5 Å². The minimum atomic E-state index is -0.0765. The molecule has 4 nitrogen and oxygen atoms in total. The van der Waals surface area contributed by atoms with Crippen molar-refractivity contribution >= 4 is 11.6 Å². The Morgan fingerprint density at radius 3 is 3.00 bits per heavy atom. The Hall–Kier alpha value is -1.29. The van der Waals surface area contributed by atoms with Gasteiger partial charge in [-0.3, -0.25) is 4.79 Å². The van der Waals surface area contributed by atoms with Gasteiger partial charge in [0.1, 0.15) is 6.26 Å². The summed E-state index contributed by atoms with van der Waals surface area (Å²) >= 11 is 0. The van der Waals surface area contributed by atoms with Crippen LogP contribution in [0, 0.1) is 5.92 Å². The molecular formula is C12H18N2O2. The Bertz CT molecular complexity index is 348. The van der Waals surface area contributed by atoms with Crippen molar-refractivity contribution < 1.29 is 9.21 Å². The maximum absolute atomic E-state index is 12.2. The highest BCUT2D eigenvalue weighted by Gasteiger charge is 2.29. The summed E-state index contributed by atoms with van der Waals surface area (Å²) in [4.78, 5) is 14.1. The van der Waals surface area contributed by atoms with Gasteiger partial charge in [-0.15, -0.1) is 0 Å². The monoisotopic (exact) mass is 222 g/mol. The average Bonchev–Trinajstić information content (AvgIpc) is 2.75. The predicted octanol–water partition coefficient (Wildman–Crippen LogP) is 1.63. The van der Waals surface area contributed by atoms with Gasteiger partial charge >= 0.3 is 0 Å². The minimum Gasteiger partial charge on any atom is -0.470 e. The Morgan fingerprint density at radius 2 is 2.38 bits per heavy atom. The SMILES string of the molecule is CNC1CC(C)CCN(c2ccoc2)C1=O. The number of anilines is 1. The fraction of sp³-hybridized carbons (Fsp3) is 0.583. The summed E-state index contributed by atoms with van der Waals surface area (Å²) < 4.78 is 5.04. The molecule has 2 heterocycles. The van der Waals surface area contributed by atoms with Crippen molar-refractivity contribution in [2.45, 2.75) is 25.8 Å². The smallest absolute Gasteiger partial charge is 0.244 e. The van der Waals surface area contributed by atoms with E-state index in [4.69, 9.17) is 4.42 Å². The summed E-state index contributed by atoms with van der Waals surface area (Å²) in [5.74, 6) is 0.714. The molecular weight excluding hydrogens is 204 g/mol. The highest BCUT2D eigenvalue weighted by atomic mass is 16.3. The largest absolute Gasteiger partial charge is 0.470 e. The molecule has 1 saturated heterocycles. The number of hydrogen-bond donors (Lipinski definition) is 1. The predicted molar refractivity (Wildman–Crippen MR) is 62.3 cm³/mol. The molecule has 1 N–H and O–H groups in total. The van der Waals surface area contributed by atoms with Gasteiger partial charge in [0.25, 0.3) is 0 Å². The van der Waals surface area contributed by atoms with E-state index in [1.807, 2.05) is 18.0 Å². The molecule has 1 fully saturated rings. The number of hydrogen-bond acceptors (Lipinski definition) is 3. The van der Waals surface area contributed by atoms with Gasteiger partial charge in [0.05, 0.1) is 18.0 Å². The van der Waals surface area contributed by atoms with Crippen molar-refractivity contribution in [1.82, 2.24) is 5.32 Å². The number of furan rings is 1. The molecule has 1 aliphatic rings. The minimum absolute atomic E-state index is 0.0765. The molecule has 1 aliphatic heterocycles. The van der Waals surface area contributed by atoms with Crippen LogP contribution in [-0.2, 0) is 4.79 Å². The van der Waals surface area contributed by atoms with Gasteiger partial charge in [0, 0.05) is 12.6 Å². The van der Waals surface area contributed by atoms with E-state index in [0.29, 0.717) is 5.92 Å². The molecule has 2 rings (SSSR count). The van der Waals surface area contributed by atoms with Crippen molar-refractivity contribution in [1.29, 1.82) is 0 Å². The maximum Gasteiger partial charge on any atom is 0.244 e. The van der Waals surface area contributed by atoms with E-state index in [2.05, 4.69) is 12.2 Å². The first kappa shape index (κ1) is 11.2. The summed E-state index contributed by atoms with van der Waals surface area (Å²) in [5, 5.41) is 3.09. The van der Waals surface area contributed by atoms with Crippen LogP contribution >= 0.6 is 0 Å². The molecule has 0 spiro atoms. The number of carbonyl (C=O) groups excluding carboxylic acids is 1. The Labute approximate surface area is 95.6 Å². The van der Waals surface area contributed by atoms with Crippen LogP contribution in [-0.4, -0.2) is 25.5 Å². The summed E-state index contributed by atoms with van der Waals surface area (Å²) in [7, 11) is 1.84. The van der Waals surface area contributed by atoms with Gasteiger partial charge in [-0.1, -0.05) is 6.92 Å². The first-order valence-electron chi connectivity index (χ1n) is 5.73. The highest BCUT2D eigenvalue weighted by Crippen LogP contribution is 2.23. The van der Waals surface area contributed by atoms with E-state index in [-0.39, 0.29) is 11.9 Å². The normalized spacial score (nSPS) is 26.9. The molecule has 2 unspecified atom stereocenters. The Balaban J connectivity index is 2.21. The first-order valence-corrected chi connectivity index (χ1v) is 5.73. The third-order valence-corrected chi connectivity index (χ3v) is 3.21. The van der Waals surface area contributed by atoms with E-state index >= 15 is 0 Å². The van der Waals surface area contributed by atoms with E-state index in [0.717, 1.165) is 25.1 Å². The molecule has 1 amide bonds. The first-order chi connectivity index (χ1) is 7.72. The fourth-order valence-corrected chi connectivity index (χ4v) is 2.18. The maximum atomic E-state index is 12.2. The van der Waals surface area contributed by atoms with Crippen molar-refractivity contribution in [3.8, 4) is 0 Å². The van der Waals surface area contributed by atoms with Crippen LogP contribution < -0.4 is 10.2 Å². The van der Waals surface area contributed by atoms with Gasteiger partial charge in [-0.05, 0) is 25.8 Å². The zero-order chi connectivity index (χ0) is 11.5. The third-order valence-electron chi connectivity index (χ3n) is 3.21. The zero-order valence-electron chi connectivity index (χ0n) is 9.77. The van der Waals surface area contributed by atoms with Crippen molar-refractivity contribution in [3.05, 3.63) is 18.6 Å². The van der Waals surface area contributed by atoms with E-state index in [1.54, 1.807) is 12.5 Å². The average molecular weight is 222 g/mol. The molecule has 4 heteroatoms. The van der Waals surface area contributed by atoms with Crippen molar-refractivity contribution in [2.75, 3.05) is 18.5 Å². The second-order valence-electron chi connectivity index (χ2n) is 4.44. The second kappa shape index (κ2) is 4.70. The summed E-state index contributed by atoms with van der Waals surface area (Å²) in [6.07, 6.45) is 5.17. The number of likely N-dealkylation sites (N-methyl/N-ethyl adjacent to an activating group) is 1. The lowest BCUT2D eigenvalue weighted by Gasteiger charge is -2.22. The summed E-state index contributed by atoms with van der Waals surface area (Å²) in [5.41, 5.74) is 0.861. The number of carbonyl (C=O) groups is 1. The molecule has 1 aromatic heterocycles.